The Morgan fingerprint density at radius 2 is 2.06 bits per heavy atom. The minimum absolute atomic E-state index is 0.161. The fourth-order valence-electron chi connectivity index (χ4n) is 1.42. The van der Waals surface area contributed by atoms with Gasteiger partial charge in [-0.05, 0) is 24.9 Å². The summed E-state index contributed by atoms with van der Waals surface area (Å²) >= 11 is 0. The molecule has 0 saturated heterocycles. The number of aliphatic hydroxyl groups is 1. The lowest BCUT2D eigenvalue weighted by molar-refractivity contribution is 0.160. The van der Waals surface area contributed by atoms with Crippen LogP contribution in [0.25, 0.3) is 6.08 Å². The maximum Gasteiger partial charge on any atom is 0.0549 e. The summed E-state index contributed by atoms with van der Waals surface area (Å²) < 4.78 is 0. The van der Waals surface area contributed by atoms with Crippen LogP contribution in [0, 0.1) is 0 Å². The first-order valence-electron chi connectivity index (χ1n) is 5.93. The van der Waals surface area contributed by atoms with Crippen molar-refractivity contribution in [3.8, 4) is 0 Å². The molecule has 88 valence electrons. The van der Waals surface area contributed by atoms with Gasteiger partial charge in [0.1, 0.15) is 0 Å². The van der Waals surface area contributed by atoms with Gasteiger partial charge >= 0.3 is 0 Å². The molecule has 2 heteroatoms. The second kappa shape index (κ2) is 8.08. The summed E-state index contributed by atoms with van der Waals surface area (Å²) in [5.41, 5.74) is 1.22. The predicted octanol–water partition coefficient (Wildman–Crippen LogP) is 2.45. The SMILES string of the molecule is CCC(O)CCNC/C=C/c1ccccc1. The molecular formula is C14H21NO. The second-order valence-electron chi connectivity index (χ2n) is 3.87. The van der Waals surface area contributed by atoms with E-state index in [0.29, 0.717) is 0 Å². The van der Waals surface area contributed by atoms with Gasteiger partial charge in [-0.3, -0.25) is 0 Å². The van der Waals surface area contributed by atoms with Crippen LogP contribution in [0.15, 0.2) is 36.4 Å². The van der Waals surface area contributed by atoms with Crippen molar-refractivity contribution in [2.75, 3.05) is 13.1 Å². The van der Waals surface area contributed by atoms with Gasteiger partial charge in [0.2, 0.25) is 0 Å². The quantitative estimate of drug-likeness (QED) is 0.690. The third-order valence-corrected chi connectivity index (χ3v) is 2.50. The van der Waals surface area contributed by atoms with Crippen LogP contribution in [0.2, 0.25) is 0 Å². The van der Waals surface area contributed by atoms with Crippen LogP contribution in [-0.2, 0) is 0 Å². The van der Waals surface area contributed by atoms with Gasteiger partial charge in [-0.1, -0.05) is 49.4 Å². The molecule has 0 aliphatic carbocycles. The summed E-state index contributed by atoms with van der Waals surface area (Å²) in [7, 11) is 0. The number of aliphatic hydroxyl groups excluding tert-OH is 1. The first-order chi connectivity index (χ1) is 7.83. The molecule has 2 N–H and O–H groups in total. The van der Waals surface area contributed by atoms with Crippen LogP contribution in [0.3, 0.4) is 0 Å². The molecule has 1 rings (SSSR count). The first kappa shape index (κ1) is 12.9. The first-order valence-corrected chi connectivity index (χ1v) is 5.93. The van der Waals surface area contributed by atoms with E-state index in [9.17, 15) is 5.11 Å². The van der Waals surface area contributed by atoms with Crippen molar-refractivity contribution in [3.63, 3.8) is 0 Å². The molecule has 0 radical (unpaired) electrons. The van der Waals surface area contributed by atoms with Gasteiger partial charge in [-0.15, -0.1) is 0 Å². The Morgan fingerprint density at radius 3 is 2.75 bits per heavy atom. The van der Waals surface area contributed by atoms with Crippen LogP contribution >= 0.6 is 0 Å². The van der Waals surface area contributed by atoms with Gasteiger partial charge in [-0.2, -0.15) is 0 Å². The number of hydrogen-bond donors (Lipinski definition) is 2. The van der Waals surface area contributed by atoms with E-state index in [0.717, 1.165) is 25.9 Å². The summed E-state index contributed by atoms with van der Waals surface area (Å²) in [5, 5.41) is 12.6. The smallest absolute Gasteiger partial charge is 0.0549 e. The fourth-order valence-corrected chi connectivity index (χ4v) is 1.42. The van der Waals surface area contributed by atoms with Gasteiger partial charge in [0.05, 0.1) is 6.10 Å². The van der Waals surface area contributed by atoms with E-state index in [2.05, 4.69) is 29.6 Å². The highest BCUT2D eigenvalue weighted by molar-refractivity contribution is 5.48. The number of rotatable bonds is 7. The summed E-state index contributed by atoms with van der Waals surface area (Å²) in [4.78, 5) is 0. The zero-order valence-electron chi connectivity index (χ0n) is 9.89. The topological polar surface area (TPSA) is 32.3 Å². The number of benzene rings is 1. The molecule has 2 nitrogen and oxygen atoms in total. The molecule has 0 amide bonds. The van der Waals surface area contributed by atoms with Crippen molar-refractivity contribution in [1.29, 1.82) is 0 Å². The molecule has 0 fully saturated rings. The Balaban J connectivity index is 2.09. The maximum absolute atomic E-state index is 9.33. The lowest BCUT2D eigenvalue weighted by Crippen LogP contribution is -2.20. The van der Waals surface area contributed by atoms with E-state index >= 15 is 0 Å². The molecule has 1 unspecified atom stereocenters. The average Bonchev–Trinajstić information content (AvgIpc) is 2.34. The molecule has 0 aliphatic rings. The van der Waals surface area contributed by atoms with Crippen molar-refractivity contribution in [2.45, 2.75) is 25.9 Å². The van der Waals surface area contributed by atoms with Crippen molar-refractivity contribution in [3.05, 3.63) is 42.0 Å². The average molecular weight is 219 g/mol. The molecule has 0 aliphatic heterocycles. The highest BCUT2D eigenvalue weighted by Gasteiger charge is 1.97. The summed E-state index contributed by atoms with van der Waals surface area (Å²) in [6.45, 7) is 3.72. The summed E-state index contributed by atoms with van der Waals surface area (Å²) in [6, 6.07) is 10.2. The van der Waals surface area contributed by atoms with E-state index < -0.39 is 0 Å². The molecule has 1 aromatic rings. The van der Waals surface area contributed by atoms with Crippen LogP contribution < -0.4 is 5.32 Å². The monoisotopic (exact) mass is 219 g/mol. The highest BCUT2D eigenvalue weighted by atomic mass is 16.3. The van der Waals surface area contributed by atoms with E-state index in [-0.39, 0.29) is 6.10 Å². The molecule has 0 spiro atoms. The van der Waals surface area contributed by atoms with Crippen molar-refractivity contribution < 1.29 is 5.11 Å². The second-order valence-corrected chi connectivity index (χ2v) is 3.87. The Hall–Kier alpha value is -1.12. The number of nitrogens with one attached hydrogen (secondary N) is 1. The molecule has 16 heavy (non-hydrogen) atoms. The maximum atomic E-state index is 9.33. The minimum atomic E-state index is -0.161. The lowest BCUT2D eigenvalue weighted by atomic mass is 10.2. The zero-order chi connectivity index (χ0) is 11.6. The van der Waals surface area contributed by atoms with E-state index in [1.54, 1.807) is 0 Å². The molecule has 0 saturated carbocycles. The molecule has 1 atom stereocenters. The highest BCUT2D eigenvalue weighted by Crippen LogP contribution is 2.00. The van der Waals surface area contributed by atoms with E-state index in [1.807, 2.05) is 25.1 Å². The van der Waals surface area contributed by atoms with Crippen molar-refractivity contribution in [2.24, 2.45) is 0 Å². The van der Waals surface area contributed by atoms with Gasteiger partial charge in [0, 0.05) is 6.54 Å². The summed E-state index contributed by atoms with van der Waals surface area (Å²) in [6.07, 6.45) is 5.71. The Labute approximate surface area is 98.0 Å². The normalized spacial score (nSPS) is 13.1. The van der Waals surface area contributed by atoms with Gasteiger partial charge in [-0.25, -0.2) is 0 Å². The van der Waals surface area contributed by atoms with Crippen LogP contribution in [0.5, 0.6) is 0 Å². The van der Waals surface area contributed by atoms with Gasteiger partial charge < -0.3 is 10.4 Å². The standard InChI is InChI=1S/C14H21NO/c1-2-14(16)10-12-15-11-6-9-13-7-4-3-5-8-13/h3-9,14-16H,2,10-12H2,1H3/b9-6+. The lowest BCUT2D eigenvalue weighted by Gasteiger charge is -2.06. The van der Waals surface area contributed by atoms with Gasteiger partial charge in [0.25, 0.3) is 0 Å². The van der Waals surface area contributed by atoms with E-state index in [4.69, 9.17) is 0 Å². The van der Waals surface area contributed by atoms with Crippen molar-refractivity contribution in [1.82, 2.24) is 5.32 Å². The fraction of sp³-hybridized carbons (Fsp3) is 0.429. The summed E-state index contributed by atoms with van der Waals surface area (Å²) in [5.74, 6) is 0. The molecule has 0 aromatic heterocycles. The Kier molecular flexibility index (Phi) is 6.54. The van der Waals surface area contributed by atoms with E-state index in [1.165, 1.54) is 5.56 Å². The Morgan fingerprint density at radius 1 is 1.31 bits per heavy atom. The van der Waals surface area contributed by atoms with Crippen LogP contribution in [0.4, 0.5) is 0 Å². The predicted molar refractivity (Wildman–Crippen MR) is 69.3 cm³/mol. The third-order valence-electron chi connectivity index (χ3n) is 2.50. The van der Waals surface area contributed by atoms with Crippen molar-refractivity contribution >= 4 is 6.08 Å². The minimum Gasteiger partial charge on any atom is -0.393 e. The molecule has 0 heterocycles. The third kappa shape index (κ3) is 5.69. The molecule has 1 aromatic carbocycles. The van der Waals surface area contributed by atoms with Crippen LogP contribution in [0.1, 0.15) is 25.3 Å². The van der Waals surface area contributed by atoms with Gasteiger partial charge in [0.15, 0.2) is 0 Å². The Bertz CT molecular complexity index is 295. The zero-order valence-corrected chi connectivity index (χ0v) is 9.89. The largest absolute Gasteiger partial charge is 0.393 e. The molecular weight excluding hydrogens is 198 g/mol. The molecule has 0 bridgehead atoms. The van der Waals surface area contributed by atoms with Crippen LogP contribution in [-0.4, -0.2) is 24.3 Å². The number of hydrogen-bond acceptors (Lipinski definition) is 2.